The standard InChI is InChI=1S/C22H24N6O2/c1-4-21(24-23-19-13-12-16-9-5-6-10-17(16)19)30-14-18-15(2)8-7-11-20(18)28-22(29)27(3)25-26-28/h5-11H,4,12-14H2,1-3H3/b23-19-,24-21-. The van der Waals surface area contributed by atoms with Crippen LogP contribution in [0, 0.1) is 6.92 Å². The van der Waals surface area contributed by atoms with Gasteiger partial charge >= 0.3 is 5.69 Å². The molecule has 0 fully saturated rings. The predicted octanol–water partition coefficient (Wildman–Crippen LogP) is 2.95. The van der Waals surface area contributed by atoms with Gasteiger partial charge in [-0.25, -0.2) is 4.79 Å². The Balaban J connectivity index is 1.57. The van der Waals surface area contributed by atoms with Gasteiger partial charge in [0.2, 0.25) is 5.90 Å². The molecule has 0 amide bonds. The van der Waals surface area contributed by atoms with Crippen molar-refractivity contribution in [3.05, 3.63) is 75.2 Å². The van der Waals surface area contributed by atoms with Crippen molar-refractivity contribution in [3.63, 3.8) is 0 Å². The Morgan fingerprint density at radius 3 is 2.73 bits per heavy atom. The van der Waals surface area contributed by atoms with E-state index in [1.54, 1.807) is 7.05 Å². The monoisotopic (exact) mass is 404 g/mol. The lowest BCUT2D eigenvalue weighted by Crippen LogP contribution is -2.23. The lowest BCUT2D eigenvalue weighted by Gasteiger charge is -2.13. The molecule has 1 aliphatic rings. The third-order valence-corrected chi connectivity index (χ3v) is 5.26. The van der Waals surface area contributed by atoms with E-state index in [2.05, 4.69) is 32.8 Å². The van der Waals surface area contributed by atoms with Gasteiger partial charge in [-0.2, -0.15) is 14.5 Å². The maximum Gasteiger partial charge on any atom is 0.368 e. The van der Waals surface area contributed by atoms with E-state index in [-0.39, 0.29) is 12.3 Å². The van der Waals surface area contributed by atoms with E-state index in [1.807, 2.05) is 44.2 Å². The van der Waals surface area contributed by atoms with Crippen molar-refractivity contribution < 1.29 is 4.74 Å². The van der Waals surface area contributed by atoms with Crippen molar-refractivity contribution >= 4 is 11.6 Å². The molecule has 2 aromatic carbocycles. The first-order valence-electron chi connectivity index (χ1n) is 10.0. The summed E-state index contributed by atoms with van der Waals surface area (Å²) in [4.78, 5) is 12.3. The van der Waals surface area contributed by atoms with Gasteiger partial charge in [0.25, 0.3) is 0 Å². The molecule has 0 unspecified atom stereocenters. The van der Waals surface area contributed by atoms with E-state index >= 15 is 0 Å². The Labute approximate surface area is 174 Å². The molecular weight excluding hydrogens is 380 g/mol. The van der Waals surface area contributed by atoms with Crippen LogP contribution in [0.2, 0.25) is 0 Å². The van der Waals surface area contributed by atoms with Crippen molar-refractivity contribution in [1.82, 2.24) is 19.8 Å². The second-order valence-electron chi connectivity index (χ2n) is 7.21. The first kappa shape index (κ1) is 19.8. The number of nitrogens with zero attached hydrogens (tertiary/aromatic N) is 6. The lowest BCUT2D eigenvalue weighted by atomic mass is 10.1. The van der Waals surface area contributed by atoms with Crippen LogP contribution >= 0.6 is 0 Å². The molecule has 1 aromatic heterocycles. The molecule has 0 saturated carbocycles. The molecule has 0 aliphatic heterocycles. The largest absolute Gasteiger partial charge is 0.475 e. The molecule has 0 atom stereocenters. The minimum Gasteiger partial charge on any atom is -0.475 e. The third kappa shape index (κ3) is 3.80. The number of ether oxygens (including phenoxy) is 1. The summed E-state index contributed by atoms with van der Waals surface area (Å²) < 4.78 is 8.47. The Bertz CT molecular complexity index is 1190. The minimum absolute atomic E-state index is 0.263. The fraction of sp³-hybridized carbons (Fsp3) is 0.318. The summed E-state index contributed by atoms with van der Waals surface area (Å²) in [5.41, 5.74) is 5.67. The molecule has 8 heteroatoms. The Kier molecular flexibility index (Phi) is 5.56. The van der Waals surface area contributed by atoms with Crippen LogP contribution in [0.5, 0.6) is 0 Å². The van der Waals surface area contributed by atoms with Gasteiger partial charge in [-0.3, -0.25) is 0 Å². The molecule has 4 rings (SSSR count). The van der Waals surface area contributed by atoms with E-state index in [0.717, 1.165) is 29.7 Å². The van der Waals surface area contributed by atoms with Crippen LogP contribution in [-0.2, 0) is 24.8 Å². The van der Waals surface area contributed by atoms with Crippen LogP contribution in [0.25, 0.3) is 5.69 Å². The Hall–Kier alpha value is -3.55. The summed E-state index contributed by atoms with van der Waals surface area (Å²) in [5, 5.41) is 16.6. The first-order chi connectivity index (χ1) is 14.6. The number of rotatable bonds is 5. The predicted molar refractivity (Wildman–Crippen MR) is 115 cm³/mol. The van der Waals surface area contributed by atoms with Gasteiger partial charge in [-0.1, -0.05) is 43.3 Å². The van der Waals surface area contributed by atoms with E-state index in [4.69, 9.17) is 4.74 Å². The van der Waals surface area contributed by atoms with Crippen LogP contribution < -0.4 is 5.69 Å². The topological polar surface area (TPSA) is 86.7 Å². The molecular formula is C22H24N6O2. The molecule has 0 bridgehead atoms. The van der Waals surface area contributed by atoms with E-state index < -0.39 is 0 Å². The fourth-order valence-corrected chi connectivity index (χ4v) is 3.52. The lowest BCUT2D eigenvalue weighted by molar-refractivity contribution is 0.282. The SMILES string of the molecule is CC/C(=N/N=C1/CCc2ccccc21)OCc1c(C)cccc1-n1nnn(C)c1=O. The van der Waals surface area contributed by atoms with Gasteiger partial charge in [0.1, 0.15) is 6.61 Å². The van der Waals surface area contributed by atoms with Crippen molar-refractivity contribution in [2.45, 2.75) is 39.7 Å². The average molecular weight is 404 g/mol. The van der Waals surface area contributed by atoms with Gasteiger partial charge in [0.05, 0.1) is 11.4 Å². The third-order valence-electron chi connectivity index (χ3n) is 5.26. The van der Waals surface area contributed by atoms with Gasteiger partial charge in [0, 0.05) is 24.6 Å². The highest BCUT2D eigenvalue weighted by atomic mass is 16.5. The molecule has 3 aromatic rings. The van der Waals surface area contributed by atoms with Crippen LogP contribution in [0.15, 0.2) is 57.5 Å². The first-order valence-corrected chi connectivity index (χ1v) is 10.0. The number of aromatic nitrogens is 4. The molecule has 30 heavy (non-hydrogen) atoms. The van der Waals surface area contributed by atoms with Crippen LogP contribution in [-0.4, -0.2) is 31.4 Å². The highest BCUT2D eigenvalue weighted by Crippen LogP contribution is 2.22. The number of tetrazole rings is 1. The average Bonchev–Trinajstić information content (AvgIpc) is 3.32. The molecule has 1 aliphatic carbocycles. The highest BCUT2D eigenvalue weighted by Gasteiger charge is 2.17. The summed E-state index contributed by atoms with van der Waals surface area (Å²) in [7, 11) is 1.57. The van der Waals surface area contributed by atoms with Crippen molar-refractivity contribution in [3.8, 4) is 5.69 Å². The van der Waals surface area contributed by atoms with Crippen LogP contribution in [0.1, 0.15) is 42.0 Å². The second kappa shape index (κ2) is 8.44. The van der Waals surface area contributed by atoms with Gasteiger partial charge in [-0.15, -0.1) is 5.10 Å². The smallest absolute Gasteiger partial charge is 0.368 e. The highest BCUT2D eigenvalue weighted by molar-refractivity contribution is 6.04. The molecule has 154 valence electrons. The van der Waals surface area contributed by atoms with Crippen molar-refractivity contribution in [2.24, 2.45) is 17.3 Å². The van der Waals surface area contributed by atoms with E-state index in [0.29, 0.717) is 18.0 Å². The number of hydrogen-bond acceptors (Lipinski definition) is 6. The zero-order valence-corrected chi connectivity index (χ0v) is 17.4. The number of fused-ring (bicyclic) bond motifs is 1. The molecule has 8 nitrogen and oxygen atoms in total. The summed E-state index contributed by atoms with van der Waals surface area (Å²) in [6, 6.07) is 14.0. The maximum atomic E-state index is 12.3. The molecule has 0 radical (unpaired) electrons. The number of hydrogen-bond donors (Lipinski definition) is 0. The molecule has 0 saturated heterocycles. The molecule has 0 N–H and O–H groups in total. The maximum absolute atomic E-state index is 12.3. The summed E-state index contributed by atoms with van der Waals surface area (Å²) in [5.74, 6) is 0.549. The van der Waals surface area contributed by atoms with Gasteiger partial charge < -0.3 is 4.74 Å². The van der Waals surface area contributed by atoms with E-state index in [1.165, 1.54) is 20.5 Å². The zero-order valence-electron chi connectivity index (χ0n) is 17.4. The Morgan fingerprint density at radius 1 is 1.13 bits per heavy atom. The van der Waals surface area contributed by atoms with Gasteiger partial charge in [0.15, 0.2) is 0 Å². The molecule has 0 spiro atoms. The zero-order chi connectivity index (χ0) is 21.1. The second-order valence-corrected chi connectivity index (χ2v) is 7.21. The molecule has 1 heterocycles. The minimum atomic E-state index is -0.308. The number of aryl methyl sites for hydroxylation is 3. The van der Waals surface area contributed by atoms with E-state index in [9.17, 15) is 4.79 Å². The van der Waals surface area contributed by atoms with Crippen LogP contribution in [0.4, 0.5) is 0 Å². The Morgan fingerprint density at radius 2 is 1.97 bits per heavy atom. The summed E-state index contributed by atoms with van der Waals surface area (Å²) in [6.07, 6.45) is 2.49. The van der Waals surface area contributed by atoms with Gasteiger partial charge in [-0.05, 0) is 47.4 Å². The normalized spacial score (nSPS) is 14.9. The number of benzene rings is 2. The summed E-state index contributed by atoms with van der Waals surface area (Å²) >= 11 is 0. The van der Waals surface area contributed by atoms with Crippen molar-refractivity contribution in [2.75, 3.05) is 0 Å². The van der Waals surface area contributed by atoms with Crippen molar-refractivity contribution in [1.29, 1.82) is 0 Å². The summed E-state index contributed by atoms with van der Waals surface area (Å²) in [6.45, 7) is 4.22. The van der Waals surface area contributed by atoms with Crippen LogP contribution in [0.3, 0.4) is 0 Å². The fourth-order valence-electron chi connectivity index (χ4n) is 3.52. The quantitative estimate of drug-likeness (QED) is 0.372.